The number of amides is 1. The van der Waals surface area contributed by atoms with Gasteiger partial charge in [0, 0.05) is 13.0 Å². The Bertz CT molecular complexity index is 545. The summed E-state index contributed by atoms with van der Waals surface area (Å²) in [5.74, 6) is -0.459. The van der Waals surface area contributed by atoms with E-state index in [4.69, 9.17) is 9.47 Å². The Morgan fingerprint density at radius 3 is 2.95 bits per heavy atom. The van der Waals surface area contributed by atoms with Gasteiger partial charge in [0.2, 0.25) is 5.91 Å². The standard InChI is InChI=1S/C16H21NO5/c1-11(12-4-3-5-13(9-12)21-2)8-15(18)17-6-7-22-10-14(17)16(19)20/h3-5,9,11,14H,6-8,10H2,1-2H3,(H,19,20). The zero-order valence-electron chi connectivity index (χ0n) is 12.8. The third kappa shape index (κ3) is 3.76. The van der Waals surface area contributed by atoms with Crippen LogP contribution in [-0.4, -0.2) is 54.8 Å². The Balaban J connectivity index is 2.04. The number of benzene rings is 1. The summed E-state index contributed by atoms with van der Waals surface area (Å²) in [4.78, 5) is 25.1. The molecule has 0 radical (unpaired) electrons. The molecule has 6 heteroatoms. The number of carbonyl (C=O) groups excluding carboxylic acids is 1. The first-order valence-corrected chi connectivity index (χ1v) is 7.27. The van der Waals surface area contributed by atoms with Crippen LogP contribution in [0.5, 0.6) is 5.75 Å². The van der Waals surface area contributed by atoms with Crippen molar-refractivity contribution in [1.82, 2.24) is 4.90 Å². The number of morpholine rings is 1. The summed E-state index contributed by atoms with van der Waals surface area (Å²) in [6.45, 7) is 2.70. The van der Waals surface area contributed by atoms with Crippen molar-refractivity contribution in [2.24, 2.45) is 0 Å². The van der Waals surface area contributed by atoms with Gasteiger partial charge >= 0.3 is 5.97 Å². The van der Waals surface area contributed by atoms with Gasteiger partial charge < -0.3 is 19.5 Å². The Labute approximate surface area is 129 Å². The fraction of sp³-hybridized carbons (Fsp3) is 0.500. The predicted octanol–water partition coefficient (Wildman–Crippen LogP) is 1.50. The molecule has 1 aliphatic heterocycles. The molecule has 1 heterocycles. The van der Waals surface area contributed by atoms with Gasteiger partial charge in [0.15, 0.2) is 6.04 Å². The second kappa shape index (κ2) is 7.26. The van der Waals surface area contributed by atoms with Gasteiger partial charge in [0.1, 0.15) is 5.75 Å². The Hall–Kier alpha value is -2.08. The summed E-state index contributed by atoms with van der Waals surface area (Å²) in [5, 5.41) is 9.19. The van der Waals surface area contributed by atoms with Crippen molar-refractivity contribution < 1.29 is 24.2 Å². The second-order valence-corrected chi connectivity index (χ2v) is 5.40. The monoisotopic (exact) mass is 307 g/mol. The zero-order valence-corrected chi connectivity index (χ0v) is 12.8. The van der Waals surface area contributed by atoms with Gasteiger partial charge in [-0.2, -0.15) is 0 Å². The van der Waals surface area contributed by atoms with Gasteiger partial charge in [0.25, 0.3) is 0 Å². The van der Waals surface area contributed by atoms with Crippen molar-refractivity contribution in [2.75, 3.05) is 26.9 Å². The van der Waals surface area contributed by atoms with E-state index in [0.29, 0.717) is 13.2 Å². The Morgan fingerprint density at radius 1 is 1.50 bits per heavy atom. The third-order valence-electron chi connectivity index (χ3n) is 3.88. The number of hydrogen-bond acceptors (Lipinski definition) is 4. The van der Waals surface area contributed by atoms with Crippen LogP contribution >= 0.6 is 0 Å². The van der Waals surface area contributed by atoms with Crippen LogP contribution in [-0.2, 0) is 14.3 Å². The van der Waals surface area contributed by atoms with Crippen LogP contribution in [0.15, 0.2) is 24.3 Å². The van der Waals surface area contributed by atoms with Crippen LogP contribution in [0.25, 0.3) is 0 Å². The average molecular weight is 307 g/mol. The maximum atomic E-state index is 12.4. The van der Waals surface area contributed by atoms with E-state index in [1.807, 2.05) is 31.2 Å². The highest BCUT2D eigenvalue weighted by Crippen LogP contribution is 2.24. The molecule has 0 bridgehead atoms. The van der Waals surface area contributed by atoms with Crippen LogP contribution in [0.4, 0.5) is 0 Å². The maximum Gasteiger partial charge on any atom is 0.328 e. The number of methoxy groups -OCH3 is 1. The van der Waals surface area contributed by atoms with E-state index in [1.165, 1.54) is 4.90 Å². The van der Waals surface area contributed by atoms with Gasteiger partial charge in [-0.3, -0.25) is 4.79 Å². The lowest BCUT2D eigenvalue weighted by Gasteiger charge is -2.33. The third-order valence-corrected chi connectivity index (χ3v) is 3.88. The minimum absolute atomic E-state index is 0.0140. The first-order valence-electron chi connectivity index (χ1n) is 7.27. The van der Waals surface area contributed by atoms with Gasteiger partial charge in [0.05, 0.1) is 20.3 Å². The summed E-state index contributed by atoms with van der Waals surface area (Å²) in [6, 6.07) is 6.67. The number of ether oxygens (including phenoxy) is 2. The minimum atomic E-state index is -1.03. The molecule has 1 amide bonds. The van der Waals surface area contributed by atoms with Crippen LogP contribution in [0.3, 0.4) is 0 Å². The van der Waals surface area contributed by atoms with Crippen molar-refractivity contribution in [2.45, 2.75) is 25.3 Å². The number of nitrogens with zero attached hydrogens (tertiary/aromatic N) is 1. The minimum Gasteiger partial charge on any atom is -0.497 e. The molecule has 0 saturated carbocycles. The second-order valence-electron chi connectivity index (χ2n) is 5.40. The van der Waals surface area contributed by atoms with Crippen molar-refractivity contribution in [3.05, 3.63) is 29.8 Å². The number of rotatable bonds is 5. The molecule has 1 aliphatic rings. The smallest absolute Gasteiger partial charge is 0.328 e. The molecule has 0 aromatic heterocycles. The highest BCUT2D eigenvalue weighted by molar-refractivity contribution is 5.84. The molecule has 120 valence electrons. The summed E-state index contributed by atoms with van der Waals surface area (Å²) in [6.07, 6.45) is 0.261. The molecule has 1 saturated heterocycles. The van der Waals surface area contributed by atoms with Crippen molar-refractivity contribution >= 4 is 11.9 Å². The van der Waals surface area contributed by atoms with Gasteiger partial charge in [-0.05, 0) is 23.6 Å². The summed E-state index contributed by atoms with van der Waals surface area (Å²) in [5.41, 5.74) is 0.993. The van der Waals surface area contributed by atoms with E-state index in [-0.39, 0.29) is 24.9 Å². The summed E-state index contributed by atoms with van der Waals surface area (Å²) >= 11 is 0. The van der Waals surface area contributed by atoms with E-state index in [1.54, 1.807) is 7.11 Å². The van der Waals surface area contributed by atoms with E-state index >= 15 is 0 Å². The van der Waals surface area contributed by atoms with Crippen LogP contribution in [0.2, 0.25) is 0 Å². The highest BCUT2D eigenvalue weighted by Gasteiger charge is 2.33. The van der Waals surface area contributed by atoms with E-state index in [0.717, 1.165) is 11.3 Å². The molecule has 2 atom stereocenters. The van der Waals surface area contributed by atoms with Gasteiger partial charge in [-0.25, -0.2) is 4.79 Å². The SMILES string of the molecule is COc1cccc(C(C)CC(=O)N2CCOCC2C(=O)O)c1. The average Bonchev–Trinajstić information content (AvgIpc) is 2.54. The molecule has 1 aromatic carbocycles. The molecule has 22 heavy (non-hydrogen) atoms. The first-order chi connectivity index (χ1) is 10.5. The van der Waals surface area contributed by atoms with E-state index < -0.39 is 12.0 Å². The fourth-order valence-electron chi connectivity index (χ4n) is 2.55. The first kappa shape index (κ1) is 16.3. The molecule has 1 N–H and O–H groups in total. The Morgan fingerprint density at radius 2 is 2.27 bits per heavy atom. The summed E-state index contributed by atoms with van der Waals surface area (Å²) in [7, 11) is 1.60. The molecular formula is C16H21NO5. The van der Waals surface area contributed by atoms with Crippen LogP contribution < -0.4 is 4.74 Å². The topological polar surface area (TPSA) is 76.1 Å². The van der Waals surface area contributed by atoms with Crippen LogP contribution in [0, 0.1) is 0 Å². The van der Waals surface area contributed by atoms with Crippen LogP contribution in [0.1, 0.15) is 24.8 Å². The van der Waals surface area contributed by atoms with Gasteiger partial charge in [-0.1, -0.05) is 19.1 Å². The van der Waals surface area contributed by atoms with Gasteiger partial charge in [-0.15, -0.1) is 0 Å². The molecule has 2 unspecified atom stereocenters. The summed E-state index contributed by atoms with van der Waals surface area (Å²) < 4.78 is 10.3. The van der Waals surface area contributed by atoms with Crippen molar-refractivity contribution in [3.63, 3.8) is 0 Å². The molecule has 1 fully saturated rings. The number of carboxylic acids is 1. The number of carbonyl (C=O) groups is 2. The lowest BCUT2D eigenvalue weighted by Crippen LogP contribution is -2.52. The number of aliphatic carboxylic acids is 1. The maximum absolute atomic E-state index is 12.4. The number of carboxylic acid groups (broad SMARTS) is 1. The molecule has 0 aliphatic carbocycles. The fourth-order valence-corrected chi connectivity index (χ4v) is 2.55. The largest absolute Gasteiger partial charge is 0.497 e. The zero-order chi connectivity index (χ0) is 16.1. The van der Waals surface area contributed by atoms with Crippen molar-refractivity contribution in [1.29, 1.82) is 0 Å². The molecule has 2 rings (SSSR count). The quantitative estimate of drug-likeness (QED) is 0.892. The molecular weight excluding hydrogens is 286 g/mol. The van der Waals surface area contributed by atoms with E-state index in [2.05, 4.69) is 0 Å². The van der Waals surface area contributed by atoms with E-state index in [9.17, 15) is 14.7 Å². The number of hydrogen-bond donors (Lipinski definition) is 1. The van der Waals surface area contributed by atoms with Crippen molar-refractivity contribution in [3.8, 4) is 5.75 Å². The molecule has 0 spiro atoms. The lowest BCUT2D eigenvalue weighted by atomic mass is 9.96. The predicted molar refractivity (Wildman–Crippen MR) is 80.0 cm³/mol. The molecule has 1 aromatic rings. The Kier molecular flexibility index (Phi) is 5.38. The lowest BCUT2D eigenvalue weighted by molar-refractivity contribution is -0.158. The molecule has 6 nitrogen and oxygen atoms in total. The highest BCUT2D eigenvalue weighted by atomic mass is 16.5. The normalized spacial score (nSPS) is 19.5.